The van der Waals surface area contributed by atoms with Crippen LogP contribution in [0.3, 0.4) is 0 Å². The van der Waals surface area contributed by atoms with Crippen molar-refractivity contribution in [3.05, 3.63) is 67.3 Å². The number of aliphatic imine (C=N–C) groups is 1. The van der Waals surface area contributed by atoms with Crippen molar-refractivity contribution >= 4 is 28.4 Å². The molecular formula is C19H19N5O3S. The summed E-state index contributed by atoms with van der Waals surface area (Å²) in [5.41, 5.74) is 3.32. The Balaban J connectivity index is 1.89. The number of aromatic amines is 1. The van der Waals surface area contributed by atoms with E-state index in [1.165, 1.54) is 0 Å². The Morgan fingerprint density at radius 1 is 1.32 bits per heavy atom. The SMILES string of the molecule is CCn1ncc([C@@H]2CC(c3c(O)sc(=O)[nH]c3=O)=Nc3ccccc3N2)c1C. The number of hydrogen-bond donors (Lipinski definition) is 3. The maximum absolute atomic E-state index is 12.4. The lowest BCUT2D eigenvalue weighted by Crippen LogP contribution is -2.25. The van der Waals surface area contributed by atoms with Crippen LogP contribution in [0.25, 0.3) is 0 Å². The number of anilines is 1. The molecule has 3 aromatic rings. The molecule has 3 N–H and O–H groups in total. The molecule has 0 bridgehead atoms. The van der Waals surface area contributed by atoms with Crippen molar-refractivity contribution in [1.82, 2.24) is 14.8 Å². The van der Waals surface area contributed by atoms with Gasteiger partial charge in [0.25, 0.3) is 5.56 Å². The van der Waals surface area contributed by atoms with Crippen molar-refractivity contribution in [3.8, 4) is 5.06 Å². The maximum atomic E-state index is 12.4. The highest BCUT2D eigenvalue weighted by atomic mass is 32.1. The van der Waals surface area contributed by atoms with Crippen LogP contribution in [0, 0.1) is 6.92 Å². The molecule has 9 heteroatoms. The van der Waals surface area contributed by atoms with Gasteiger partial charge < -0.3 is 10.4 Å². The Hall–Kier alpha value is -3.20. The van der Waals surface area contributed by atoms with Gasteiger partial charge in [0.2, 0.25) is 0 Å². The molecule has 0 amide bonds. The van der Waals surface area contributed by atoms with E-state index in [9.17, 15) is 14.7 Å². The van der Waals surface area contributed by atoms with E-state index in [1.807, 2.05) is 49.0 Å². The highest BCUT2D eigenvalue weighted by Gasteiger charge is 2.27. The van der Waals surface area contributed by atoms with Crippen LogP contribution in [0.15, 0.2) is 45.0 Å². The van der Waals surface area contributed by atoms with E-state index in [0.29, 0.717) is 29.2 Å². The molecule has 1 aromatic carbocycles. The molecule has 0 aliphatic carbocycles. The molecule has 0 unspecified atom stereocenters. The number of benzene rings is 1. The number of nitrogens with zero attached hydrogens (tertiary/aromatic N) is 3. The van der Waals surface area contributed by atoms with Crippen molar-refractivity contribution < 1.29 is 5.11 Å². The largest absolute Gasteiger partial charge is 0.499 e. The van der Waals surface area contributed by atoms with Crippen molar-refractivity contribution in [2.24, 2.45) is 4.99 Å². The van der Waals surface area contributed by atoms with E-state index in [-0.39, 0.29) is 16.7 Å². The van der Waals surface area contributed by atoms with Gasteiger partial charge in [-0.15, -0.1) is 0 Å². The van der Waals surface area contributed by atoms with E-state index in [0.717, 1.165) is 23.5 Å². The Labute approximate surface area is 164 Å². The van der Waals surface area contributed by atoms with Crippen LogP contribution in [0.1, 0.15) is 36.2 Å². The number of rotatable bonds is 3. The van der Waals surface area contributed by atoms with Crippen molar-refractivity contribution in [1.29, 1.82) is 0 Å². The van der Waals surface area contributed by atoms with Crippen LogP contribution in [0.2, 0.25) is 0 Å². The van der Waals surface area contributed by atoms with Gasteiger partial charge in [0.05, 0.1) is 29.3 Å². The smallest absolute Gasteiger partial charge is 0.310 e. The summed E-state index contributed by atoms with van der Waals surface area (Å²) in [5.74, 6) is 0. The summed E-state index contributed by atoms with van der Waals surface area (Å²) in [4.78, 5) is 30.2. The van der Waals surface area contributed by atoms with E-state index >= 15 is 0 Å². The summed E-state index contributed by atoms with van der Waals surface area (Å²) in [7, 11) is 0. The number of hydrogen-bond acceptors (Lipinski definition) is 7. The average molecular weight is 397 g/mol. The van der Waals surface area contributed by atoms with Crippen LogP contribution in [-0.4, -0.2) is 25.6 Å². The zero-order chi connectivity index (χ0) is 19.8. The minimum absolute atomic E-state index is 0.0358. The van der Waals surface area contributed by atoms with Crippen molar-refractivity contribution in [2.45, 2.75) is 32.9 Å². The Morgan fingerprint density at radius 3 is 2.82 bits per heavy atom. The van der Waals surface area contributed by atoms with Gasteiger partial charge in [0, 0.05) is 24.2 Å². The molecule has 3 heterocycles. The fourth-order valence-corrected chi connectivity index (χ4v) is 4.09. The number of aromatic hydroxyl groups is 1. The van der Waals surface area contributed by atoms with Crippen molar-refractivity contribution in [2.75, 3.05) is 5.32 Å². The first-order chi connectivity index (χ1) is 13.5. The molecule has 0 spiro atoms. The predicted octanol–water partition coefficient (Wildman–Crippen LogP) is 2.70. The van der Waals surface area contributed by atoms with Gasteiger partial charge >= 0.3 is 4.87 Å². The quantitative estimate of drug-likeness (QED) is 0.629. The Kier molecular flexibility index (Phi) is 4.60. The molecule has 144 valence electrons. The summed E-state index contributed by atoms with van der Waals surface area (Å²) in [6.45, 7) is 4.78. The Morgan fingerprint density at radius 2 is 2.11 bits per heavy atom. The zero-order valence-corrected chi connectivity index (χ0v) is 16.2. The summed E-state index contributed by atoms with van der Waals surface area (Å²) in [6, 6.07) is 7.32. The van der Waals surface area contributed by atoms with Crippen LogP contribution >= 0.6 is 11.3 Å². The lowest BCUT2D eigenvalue weighted by Gasteiger charge is -2.19. The van der Waals surface area contributed by atoms with Gasteiger partial charge in [0.1, 0.15) is 5.56 Å². The van der Waals surface area contributed by atoms with E-state index in [2.05, 4.69) is 20.4 Å². The fourth-order valence-electron chi connectivity index (χ4n) is 3.46. The number of fused-ring (bicyclic) bond motifs is 1. The van der Waals surface area contributed by atoms with Gasteiger partial charge in [-0.3, -0.25) is 24.2 Å². The third-order valence-electron chi connectivity index (χ3n) is 4.84. The second-order valence-electron chi connectivity index (χ2n) is 6.50. The number of aryl methyl sites for hydroxylation is 1. The molecule has 8 nitrogen and oxygen atoms in total. The topological polar surface area (TPSA) is 112 Å². The molecule has 4 rings (SSSR count). The second-order valence-corrected chi connectivity index (χ2v) is 7.46. The zero-order valence-electron chi connectivity index (χ0n) is 15.4. The number of para-hydroxylation sites is 2. The molecule has 0 radical (unpaired) electrons. The van der Waals surface area contributed by atoms with Gasteiger partial charge in [-0.2, -0.15) is 5.10 Å². The lowest BCUT2D eigenvalue weighted by molar-refractivity contribution is 0.487. The van der Waals surface area contributed by atoms with Crippen LogP contribution < -0.4 is 15.7 Å². The van der Waals surface area contributed by atoms with Gasteiger partial charge in [-0.25, -0.2) is 0 Å². The monoisotopic (exact) mass is 397 g/mol. The van der Waals surface area contributed by atoms with E-state index in [1.54, 1.807) is 0 Å². The highest BCUT2D eigenvalue weighted by molar-refractivity contribution is 7.11. The minimum atomic E-state index is -0.640. The summed E-state index contributed by atoms with van der Waals surface area (Å²) in [6.07, 6.45) is 2.17. The van der Waals surface area contributed by atoms with Crippen LogP contribution in [0.5, 0.6) is 5.06 Å². The number of H-pyrrole nitrogens is 1. The van der Waals surface area contributed by atoms with Gasteiger partial charge in [-0.1, -0.05) is 12.1 Å². The summed E-state index contributed by atoms with van der Waals surface area (Å²) < 4.78 is 1.91. The molecule has 1 aliphatic heterocycles. The highest BCUT2D eigenvalue weighted by Crippen LogP contribution is 2.36. The lowest BCUT2D eigenvalue weighted by atomic mass is 9.99. The molecular weight excluding hydrogens is 378 g/mol. The molecule has 1 atom stereocenters. The molecule has 28 heavy (non-hydrogen) atoms. The second kappa shape index (κ2) is 7.08. The molecule has 0 fully saturated rings. The third-order valence-corrected chi connectivity index (χ3v) is 5.52. The molecule has 0 saturated carbocycles. The maximum Gasteiger partial charge on any atom is 0.310 e. The molecule has 2 aromatic heterocycles. The minimum Gasteiger partial charge on any atom is -0.499 e. The fraction of sp³-hybridized carbons (Fsp3) is 0.263. The Bertz CT molecular complexity index is 1190. The first-order valence-corrected chi connectivity index (χ1v) is 9.71. The first kappa shape index (κ1) is 18.2. The number of aromatic nitrogens is 3. The summed E-state index contributed by atoms with van der Waals surface area (Å²) in [5, 5.41) is 17.9. The first-order valence-electron chi connectivity index (χ1n) is 8.90. The van der Waals surface area contributed by atoms with Gasteiger partial charge in [0.15, 0.2) is 5.06 Å². The van der Waals surface area contributed by atoms with E-state index in [4.69, 9.17) is 0 Å². The average Bonchev–Trinajstić information content (AvgIpc) is 2.91. The molecule has 0 saturated heterocycles. The number of nitrogens with one attached hydrogen (secondary N) is 2. The van der Waals surface area contributed by atoms with Gasteiger partial charge in [-0.05, 0) is 37.3 Å². The normalized spacial score (nSPS) is 16.1. The standard InChI is InChI=1S/C19H19N5O3S/c1-3-24-10(2)11(9-20-24)14-8-15(16-17(25)23-19(27)28-18(16)26)22-13-7-5-4-6-12(13)21-14/h4-7,9,14,21,26H,3,8H2,1-2H3,(H,23,25,27)/t14-/m0/s1. The summed E-state index contributed by atoms with van der Waals surface area (Å²) >= 11 is 0.589. The third kappa shape index (κ3) is 3.13. The van der Waals surface area contributed by atoms with Crippen molar-refractivity contribution in [3.63, 3.8) is 0 Å². The van der Waals surface area contributed by atoms with Crippen LogP contribution in [0.4, 0.5) is 11.4 Å². The molecule has 1 aliphatic rings. The predicted molar refractivity (Wildman–Crippen MR) is 109 cm³/mol. The van der Waals surface area contributed by atoms with E-state index < -0.39 is 10.4 Å². The van der Waals surface area contributed by atoms with Crippen LogP contribution in [-0.2, 0) is 6.54 Å².